The Morgan fingerprint density at radius 3 is 2.76 bits per heavy atom. The van der Waals surface area contributed by atoms with Crippen molar-refractivity contribution in [3.63, 3.8) is 0 Å². The number of thioether (sulfide) groups is 1. The molecule has 0 spiro atoms. The van der Waals surface area contributed by atoms with Crippen molar-refractivity contribution < 1.29 is 0 Å². The number of fused-ring (bicyclic) bond motifs is 1. The lowest BCUT2D eigenvalue weighted by Gasteiger charge is -2.11. The van der Waals surface area contributed by atoms with E-state index in [0.717, 1.165) is 26.7 Å². The molecule has 0 unspecified atom stereocenters. The third-order valence-corrected chi connectivity index (χ3v) is 3.72. The summed E-state index contributed by atoms with van der Waals surface area (Å²) in [7, 11) is 0. The molecule has 0 N–H and O–H groups in total. The molecule has 88 valence electrons. The van der Waals surface area contributed by atoms with Crippen LogP contribution >= 0.6 is 44.7 Å². The van der Waals surface area contributed by atoms with Gasteiger partial charge in [-0.2, -0.15) is 9.78 Å². The Bertz CT molecular complexity index is 550. The van der Waals surface area contributed by atoms with Crippen molar-refractivity contribution in [2.45, 2.75) is 5.16 Å². The fourth-order valence-electron chi connectivity index (χ4n) is 1.46. The highest BCUT2D eigenvalue weighted by Crippen LogP contribution is 2.22. The Hall–Kier alpha value is -0.660. The van der Waals surface area contributed by atoms with E-state index in [1.165, 1.54) is 0 Å². The molecule has 2 aromatic rings. The quantitative estimate of drug-likeness (QED) is 0.769. The van der Waals surface area contributed by atoms with Gasteiger partial charge >= 0.3 is 0 Å². The fraction of sp³-hybridized carbons (Fsp3) is 0.100. The van der Waals surface area contributed by atoms with Crippen molar-refractivity contribution in [1.29, 1.82) is 0 Å². The van der Waals surface area contributed by atoms with Crippen LogP contribution < -0.4 is 0 Å². The van der Waals surface area contributed by atoms with Gasteiger partial charge in [0.05, 0.1) is 5.71 Å². The zero-order valence-corrected chi connectivity index (χ0v) is 12.7. The minimum absolute atomic E-state index is 0. The number of nitrogens with zero attached hydrogens (tertiary/aromatic N) is 4. The summed E-state index contributed by atoms with van der Waals surface area (Å²) >= 11 is 5.07. The molecule has 1 aromatic heterocycles. The van der Waals surface area contributed by atoms with E-state index in [0.29, 0.717) is 0 Å². The summed E-state index contributed by atoms with van der Waals surface area (Å²) in [6.45, 7) is 0. The number of halogens is 2. The zero-order valence-electron chi connectivity index (χ0n) is 8.58. The third kappa shape index (κ3) is 2.61. The van der Waals surface area contributed by atoms with Gasteiger partial charge in [0.25, 0.3) is 0 Å². The van der Waals surface area contributed by atoms with Gasteiger partial charge in [-0.05, 0) is 17.7 Å². The molecule has 1 aromatic carbocycles. The molecule has 0 saturated carbocycles. The van der Waals surface area contributed by atoms with Crippen LogP contribution in [0.15, 0.2) is 45.3 Å². The minimum atomic E-state index is 0. The topological polar surface area (TPSA) is 43.1 Å². The van der Waals surface area contributed by atoms with Crippen LogP contribution in [0.2, 0.25) is 0 Å². The van der Waals surface area contributed by atoms with E-state index in [2.05, 4.69) is 43.4 Å². The molecule has 0 saturated heterocycles. The highest BCUT2D eigenvalue weighted by Gasteiger charge is 2.14. The number of hydrogen-bond acceptors (Lipinski definition) is 4. The van der Waals surface area contributed by atoms with Crippen molar-refractivity contribution >= 4 is 50.4 Å². The van der Waals surface area contributed by atoms with Gasteiger partial charge in [-0.15, -0.1) is 27.2 Å². The van der Waals surface area contributed by atoms with Crippen molar-refractivity contribution in [2.75, 3.05) is 5.75 Å². The normalized spacial score (nSPS) is 13.6. The average molecular weight is 376 g/mol. The maximum Gasteiger partial charge on any atom is 0.212 e. The molecule has 17 heavy (non-hydrogen) atoms. The Kier molecular flexibility index (Phi) is 4.01. The molecule has 0 fully saturated rings. The fourth-order valence-corrected chi connectivity index (χ4v) is 2.54. The smallest absolute Gasteiger partial charge is 0.194 e. The van der Waals surface area contributed by atoms with Crippen LogP contribution in [0.1, 0.15) is 5.56 Å². The molecule has 0 bridgehead atoms. The number of rotatable bonds is 1. The molecule has 0 radical (unpaired) electrons. The van der Waals surface area contributed by atoms with Crippen LogP contribution in [0.25, 0.3) is 0 Å². The molecule has 1 aliphatic rings. The van der Waals surface area contributed by atoms with Crippen molar-refractivity contribution in [2.24, 2.45) is 5.10 Å². The van der Waals surface area contributed by atoms with E-state index < -0.39 is 0 Å². The lowest BCUT2D eigenvalue weighted by Crippen LogP contribution is -2.12. The summed E-state index contributed by atoms with van der Waals surface area (Å²) in [5, 5.41) is 13.1. The van der Waals surface area contributed by atoms with E-state index in [9.17, 15) is 0 Å². The van der Waals surface area contributed by atoms with E-state index in [4.69, 9.17) is 0 Å². The maximum absolute atomic E-state index is 4.48. The van der Waals surface area contributed by atoms with Crippen LogP contribution in [0.4, 0.5) is 0 Å². The maximum atomic E-state index is 4.48. The van der Waals surface area contributed by atoms with Gasteiger partial charge in [0.15, 0.2) is 0 Å². The largest absolute Gasteiger partial charge is 0.212 e. The lowest BCUT2D eigenvalue weighted by molar-refractivity contribution is 0.756. The molecule has 3 rings (SSSR count). The molecule has 7 heteroatoms. The van der Waals surface area contributed by atoms with Crippen molar-refractivity contribution in [1.82, 2.24) is 14.9 Å². The zero-order chi connectivity index (χ0) is 11.0. The monoisotopic (exact) mass is 374 g/mol. The van der Waals surface area contributed by atoms with E-state index in [-0.39, 0.29) is 17.0 Å². The second-order valence-electron chi connectivity index (χ2n) is 3.30. The highest BCUT2D eigenvalue weighted by atomic mass is 79.9. The van der Waals surface area contributed by atoms with Crippen LogP contribution in [0.3, 0.4) is 0 Å². The first-order valence-corrected chi connectivity index (χ1v) is 6.47. The van der Waals surface area contributed by atoms with Gasteiger partial charge in [0, 0.05) is 10.2 Å². The second kappa shape index (κ2) is 5.32. The standard InChI is InChI=1S/C10H7BrN4S.BrH/c11-8-3-1-7(2-4-8)9-5-16-10-13-12-6-15(10)14-9;/h1-4,6H,5H2;1H. The molecule has 2 heterocycles. The number of benzene rings is 1. The van der Waals surface area contributed by atoms with Gasteiger partial charge in [-0.3, -0.25) is 0 Å². The molecule has 0 aliphatic carbocycles. The summed E-state index contributed by atoms with van der Waals surface area (Å²) < 4.78 is 2.79. The third-order valence-electron chi connectivity index (χ3n) is 2.24. The molecule has 4 nitrogen and oxygen atoms in total. The Morgan fingerprint density at radius 2 is 2.00 bits per heavy atom. The minimum Gasteiger partial charge on any atom is -0.194 e. The lowest BCUT2D eigenvalue weighted by atomic mass is 10.1. The van der Waals surface area contributed by atoms with Gasteiger partial charge in [0.1, 0.15) is 6.33 Å². The first kappa shape index (κ1) is 12.8. The predicted octanol–water partition coefficient (Wildman–Crippen LogP) is 2.98. The SMILES string of the molecule is Br.Brc1ccc(C2=Nn3cnnc3SC2)cc1. The molecule has 1 aliphatic heterocycles. The number of hydrogen-bond donors (Lipinski definition) is 0. The number of aromatic nitrogens is 3. The summed E-state index contributed by atoms with van der Waals surface area (Å²) in [4.78, 5) is 0. The van der Waals surface area contributed by atoms with Crippen molar-refractivity contribution in [3.8, 4) is 0 Å². The van der Waals surface area contributed by atoms with Crippen LogP contribution in [0, 0.1) is 0 Å². The highest BCUT2D eigenvalue weighted by molar-refractivity contribution is 9.10. The average Bonchev–Trinajstić information content (AvgIpc) is 2.77. The van der Waals surface area contributed by atoms with Gasteiger partial charge in [-0.1, -0.05) is 39.8 Å². The molecular weight excluding hydrogens is 368 g/mol. The predicted molar refractivity (Wildman–Crippen MR) is 77.1 cm³/mol. The van der Waals surface area contributed by atoms with Gasteiger partial charge in [0.2, 0.25) is 5.16 Å². The van der Waals surface area contributed by atoms with Gasteiger partial charge < -0.3 is 0 Å². The first-order valence-electron chi connectivity index (χ1n) is 4.69. The molecular formula is C10H8Br2N4S. The van der Waals surface area contributed by atoms with E-state index in [1.807, 2.05) is 12.1 Å². The summed E-state index contributed by atoms with van der Waals surface area (Å²) in [6, 6.07) is 8.14. The second-order valence-corrected chi connectivity index (χ2v) is 5.16. The first-order chi connectivity index (χ1) is 7.83. The summed E-state index contributed by atoms with van der Waals surface area (Å²) in [6.07, 6.45) is 1.63. The molecule has 0 amide bonds. The van der Waals surface area contributed by atoms with Gasteiger partial charge in [-0.25, -0.2) is 0 Å². The Morgan fingerprint density at radius 1 is 1.24 bits per heavy atom. The van der Waals surface area contributed by atoms with Crippen LogP contribution in [0.5, 0.6) is 0 Å². The van der Waals surface area contributed by atoms with Crippen LogP contribution in [-0.4, -0.2) is 26.3 Å². The van der Waals surface area contributed by atoms with Crippen LogP contribution in [-0.2, 0) is 0 Å². The van der Waals surface area contributed by atoms with E-state index in [1.54, 1.807) is 22.8 Å². The van der Waals surface area contributed by atoms with E-state index >= 15 is 0 Å². The van der Waals surface area contributed by atoms with Crippen molar-refractivity contribution in [3.05, 3.63) is 40.6 Å². The molecule has 0 atom stereocenters. The summed E-state index contributed by atoms with van der Waals surface area (Å²) in [5.41, 5.74) is 2.18. The summed E-state index contributed by atoms with van der Waals surface area (Å²) in [5.74, 6) is 0.834. The Balaban J connectivity index is 0.00000108. The Labute approximate surface area is 121 Å².